The Kier molecular flexibility index (Phi) is 12.6. The van der Waals surface area contributed by atoms with Crippen molar-refractivity contribution in [2.45, 2.75) is 20.3 Å². The topological polar surface area (TPSA) is 58.4 Å². The zero-order chi connectivity index (χ0) is 13.4. The van der Waals surface area contributed by atoms with E-state index in [9.17, 15) is 4.79 Å². The van der Waals surface area contributed by atoms with Crippen LogP contribution in [-0.2, 0) is 11.2 Å². The maximum absolute atomic E-state index is 11.6. The smallest absolute Gasteiger partial charge is 0.234 e. The Morgan fingerprint density at radius 2 is 1.70 bits per heavy atom. The molecule has 1 rings (SSSR count). The van der Waals surface area contributed by atoms with Crippen molar-refractivity contribution in [3.63, 3.8) is 0 Å². The molecule has 0 fully saturated rings. The van der Waals surface area contributed by atoms with Gasteiger partial charge in [-0.3, -0.25) is 9.69 Å². The van der Waals surface area contributed by atoms with Crippen LogP contribution in [0, 0.1) is 0 Å². The second kappa shape index (κ2) is 11.8. The number of hydrogen-bond acceptors (Lipinski definition) is 3. The Balaban J connectivity index is 0. The first kappa shape index (κ1) is 21.3. The lowest BCUT2D eigenvalue weighted by Crippen LogP contribution is -2.37. The first-order chi connectivity index (χ1) is 8.65. The van der Waals surface area contributed by atoms with Crippen molar-refractivity contribution in [1.29, 1.82) is 0 Å². The van der Waals surface area contributed by atoms with Gasteiger partial charge in [0.1, 0.15) is 0 Å². The molecule has 0 aliphatic heterocycles. The van der Waals surface area contributed by atoms with Crippen molar-refractivity contribution in [1.82, 2.24) is 10.2 Å². The zero-order valence-electron chi connectivity index (χ0n) is 12.1. The lowest BCUT2D eigenvalue weighted by Gasteiger charge is -2.17. The molecule has 3 N–H and O–H groups in total. The maximum atomic E-state index is 11.6. The quantitative estimate of drug-likeness (QED) is 0.756. The molecule has 0 unspecified atom stereocenters. The van der Waals surface area contributed by atoms with Crippen molar-refractivity contribution in [2.24, 2.45) is 0 Å². The average Bonchev–Trinajstić information content (AvgIpc) is 2.38. The van der Waals surface area contributed by atoms with Crippen molar-refractivity contribution >= 4 is 36.4 Å². The number of carbonyl (C=O) groups excluding carboxylic acids is 1. The summed E-state index contributed by atoms with van der Waals surface area (Å²) in [4.78, 5) is 13.7. The van der Waals surface area contributed by atoms with Crippen molar-refractivity contribution in [3.05, 3.63) is 29.8 Å². The SMILES string of the molecule is CCN(CC)CC(=O)NCCc1ccc(N)cc1.Cl.Cl. The summed E-state index contributed by atoms with van der Waals surface area (Å²) in [7, 11) is 0. The Hall–Kier alpha value is -0.970. The Labute approximate surface area is 133 Å². The second-order valence-electron chi connectivity index (χ2n) is 4.30. The van der Waals surface area contributed by atoms with Gasteiger partial charge in [-0.05, 0) is 37.2 Å². The van der Waals surface area contributed by atoms with E-state index in [0.717, 1.165) is 25.2 Å². The third-order valence-electron chi connectivity index (χ3n) is 2.98. The third kappa shape index (κ3) is 8.25. The number of anilines is 1. The number of carbonyl (C=O) groups is 1. The van der Waals surface area contributed by atoms with Crippen LogP contribution in [0.5, 0.6) is 0 Å². The van der Waals surface area contributed by atoms with Gasteiger partial charge in [0.15, 0.2) is 0 Å². The average molecular weight is 322 g/mol. The third-order valence-corrected chi connectivity index (χ3v) is 2.98. The summed E-state index contributed by atoms with van der Waals surface area (Å²) in [6.45, 7) is 7.08. The molecule has 0 atom stereocenters. The summed E-state index contributed by atoms with van der Waals surface area (Å²) in [6, 6.07) is 7.75. The van der Waals surface area contributed by atoms with Gasteiger partial charge in [0.25, 0.3) is 0 Å². The molecule has 0 aliphatic rings. The van der Waals surface area contributed by atoms with Crippen LogP contribution in [0.1, 0.15) is 19.4 Å². The van der Waals surface area contributed by atoms with Crippen LogP contribution in [-0.4, -0.2) is 37.0 Å². The second-order valence-corrected chi connectivity index (χ2v) is 4.30. The number of nitrogens with zero attached hydrogens (tertiary/aromatic N) is 1. The van der Waals surface area contributed by atoms with Gasteiger partial charge in [-0.2, -0.15) is 0 Å². The number of benzene rings is 1. The van der Waals surface area contributed by atoms with E-state index in [-0.39, 0.29) is 30.7 Å². The van der Waals surface area contributed by atoms with Gasteiger partial charge in [0.05, 0.1) is 6.54 Å². The summed E-state index contributed by atoms with van der Waals surface area (Å²) >= 11 is 0. The fourth-order valence-electron chi connectivity index (χ4n) is 1.74. The lowest BCUT2D eigenvalue weighted by atomic mass is 10.1. The molecule has 0 bridgehead atoms. The number of rotatable bonds is 7. The van der Waals surface area contributed by atoms with Crippen molar-refractivity contribution in [3.8, 4) is 0 Å². The summed E-state index contributed by atoms with van der Waals surface area (Å²) in [5.74, 6) is 0.0918. The van der Waals surface area contributed by atoms with Gasteiger partial charge in [0, 0.05) is 12.2 Å². The lowest BCUT2D eigenvalue weighted by molar-refractivity contribution is -0.122. The van der Waals surface area contributed by atoms with Crippen LogP contribution in [0.25, 0.3) is 0 Å². The van der Waals surface area contributed by atoms with Gasteiger partial charge in [-0.15, -0.1) is 24.8 Å². The van der Waals surface area contributed by atoms with E-state index < -0.39 is 0 Å². The van der Waals surface area contributed by atoms with Crippen LogP contribution >= 0.6 is 24.8 Å². The van der Waals surface area contributed by atoms with Gasteiger partial charge in [0.2, 0.25) is 5.91 Å². The van der Waals surface area contributed by atoms with Gasteiger partial charge in [-0.1, -0.05) is 26.0 Å². The van der Waals surface area contributed by atoms with Gasteiger partial charge >= 0.3 is 0 Å². The van der Waals surface area contributed by atoms with E-state index in [0.29, 0.717) is 13.1 Å². The summed E-state index contributed by atoms with van der Waals surface area (Å²) in [5.41, 5.74) is 7.57. The largest absolute Gasteiger partial charge is 0.399 e. The minimum atomic E-state index is 0. The van der Waals surface area contributed by atoms with Crippen LogP contribution in [0.2, 0.25) is 0 Å². The number of likely N-dealkylation sites (N-methyl/N-ethyl adjacent to an activating group) is 1. The first-order valence-corrected chi connectivity index (χ1v) is 6.49. The van der Waals surface area contributed by atoms with Gasteiger partial charge < -0.3 is 11.1 Å². The van der Waals surface area contributed by atoms with E-state index in [4.69, 9.17) is 5.73 Å². The predicted octanol–water partition coefficient (Wildman–Crippen LogP) is 2.11. The molecule has 0 radical (unpaired) electrons. The highest BCUT2D eigenvalue weighted by atomic mass is 35.5. The molecule has 0 aliphatic carbocycles. The summed E-state index contributed by atoms with van der Waals surface area (Å²) in [6.07, 6.45) is 0.838. The minimum Gasteiger partial charge on any atom is -0.399 e. The van der Waals surface area contributed by atoms with Crippen molar-refractivity contribution in [2.75, 3.05) is 31.9 Å². The fourth-order valence-corrected chi connectivity index (χ4v) is 1.74. The highest BCUT2D eigenvalue weighted by Gasteiger charge is 2.06. The molecule has 4 nitrogen and oxygen atoms in total. The molecule has 20 heavy (non-hydrogen) atoms. The highest BCUT2D eigenvalue weighted by molar-refractivity contribution is 5.85. The molecule has 1 aromatic rings. The Morgan fingerprint density at radius 3 is 2.20 bits per heavy atom. The molecule has 0 saturated heterocycles. The number of halogens is 2. The van der Waals surface area contributed by atoms with Crippen molar-refractivity contribution < 1.29 is 4.79 Å². The van der Waals surface area contributed by atoms with Crippen LogP contribution in [0.15, 0.2) is 24.3 Å². The van der Waals surface area contributed by atoms with Crippen LogP contribution in [0.3, 0.4) is 0 Å². The molecular formula is C14H25Cl2N3O. The molecular weight excluding hydrogens is 297 g/mol. The standard InChI is InChI=1S/C14H23N3O.2ClH/c1-3-17(4-2)11-14(18)16-10-9-12-5-7-13(15)8-6-12;;/h5-8H,3-4,9-11,15H2,1-2H3,(H,16,18);2*1H. The Morgan fingerprint density at radius 1 is 1.15 bits per heavy atom. The van der Waals surface area contributed by atoms with Gasteiger partial charge in [-0.25, -0.2) is 0 Å². The van der Waals surface area contributed by atoms with Crippen LogP contribution in [0.4, 0.5) is 5.69 Å². The number of hydrogen-bond donors (Lipinski definition) is 2. The molecule has 0 aromatic heterocycles. The number of amides is 1. The molecule has 0 saturated carbocycles. The Bertz CT molecular complexity index is 367. The molecule has 6 heteroatoms. The van der Waals surface area contributed by atoms with Crippen LogP contribution < -0.4 is 11.1 Å². The first-order valence-electron chi connectivity index (χ1n) is 6.49. The number of nitrogens with two attached hydrogens (primary N) is 1. The predicted molar refractivity (Wildman–Crippen MR) is 89.9 cm³/mol. The maximum Gasteiger partial charge on any atom is 0.234 e. The highest BCUT2D eigenvalue weighted by Crippen LogP contribution is 2.05. The summed E-state index contributed by atoms with van der Waals surface area (Å²) in [5, 5.41) is 2.93. The fraction of sp³-hybridized carbons (Fsp3) is 0.500. The molecule has 0 spiro atoms. The van der Waals surface area contributed by atoms with E-state index in [1.165, 1.54) is 5.56 Å². The van der Waals surface area contributed by atoms with E-state index in [1.54, 1.807) is 0 Å². The van der Waals surface area contributed by atoms with E-state index in [2.05, 4.69) is 24.1 Å². The molecule has 1 aromatic carbocycles. The molecule has 0 heterocycles. The number of nitrogen functional groups attached to an aromatic ring is 1. The van der Waals surface area contributed by atoms with E-state index in [1.807, 2.05) is 24.3 Å². The minimum absolute atomic E-state index is 0. The molecule has 1 amide bonds. The summed E-state index contributed by atoms with van der Waals surface area (Å²) < 4.78 is 0. The number of nitrogens with one attached hydrogen (secondary N) is 1. The molecule has 116 valence electrons. The normalized spacial score (nSPS) is 9.55. The van der Waals surface area contributed by atoms with E-state index >= 15 is 0 Å². The monoisotopic (exact) mass is 321 g/mol. The zero-order valence-corrected chi connectivity index (χ0v) is 13.7.